The summed E-state index contributed by atoms with van der Waals surface area (Å²) in [6.07, 6.45) is -1.61. The van der Waals surface area contributed by atoms with Crippen LogP contribution in [0.25, 0.3) is 6.08 Å². The molecule has 1 rings (SSSR count). The van der Waals surface area contributed by atoms with Crippen LogP contribution in [0.5, 0.6) is 0 Å². The SMILES string of the molecule is O=C/C=C/c1ccc(Cl)c(C(F)(F)F)c1. The summed E-state index contributed by atoms with van der Waals surface area (Å²) in [5.74, 6) is 0. The van der Waals surface area contributed by atoms with Gasteiger partial charge in [-0.2, -0.15) is 13.2 Å². The van der Waals surface area contributed by atoms with Gasteiger partial charge in [-0.25, -0.2) is 0 Å². The second-order valence-electron chi connectivity index (χ2n) is 2.73. The van der Waals surface area contributed by atoms with Gasteiger partial charge in [0.1, 0.15) is 6.29 Å². The molecule has 80 valence electrons. The Balaban J connectivity index is 3.17. The van der Waals surface area contributed by atoms with E-state index in [-0.39, 0.29) is 10.6 Å². The summed E-state index contributed by atoms with van der Waals surface area (Å²) in [7, 11) is 0. The summed E-state index contributed by atoms with van der Waals surface area (Å²) >= 11 is 5.40. The van der Waals surface area contributed by atoms with Crippen LogP contribution >= 0.6 is 11.6 Å². The summed E-state index contributed by atoms with van der Waals surface area (Å²) in [5, 5.41) is -0.356. The van der Waals surface area contributed by atoms with Crippen molar-refractivity contribution in [3.05, 3.63) is 40.4 Å². The number of hydrogen-bond acceptors (Lipinski definition) is 1. The Kier molecular flexibility index (Phi) is 3.52. The third-order valence-corrected chi connectivity index (χ3v) is 1.99. The lowest BCUT2D eigenvalue weighted by molar-refractivity contribution is -0.137. The van der Waals surface area contributed by atoms with Crippen LogP contribution in [0.3, 0.4) is 0 Å². The van der Waals surface area contributed by atoms with Crippen LogP contribution in [0, 0.1) is 0 Å². The maximum atomic E-state index is 12.4. The summed E-state index contributed by atoms with van der Waals surface area (Å²) in [5.41, 5.74) is -0.629. The summed E-state index contributed by atoms with van der Waals surface area (Å²) in [4.78, 5) is 9.99. The number of allylic oxidation sites excluding steroid dienone is 1. The molecule has 0 aromatic heterocycles. The van der Waals surface area contributed by atoms with Crippen LogP contribution in [0.2, 0.25) is 5.02 Å². The Morgan fingerprint density at radius 1 is 1.27 bits per heavy atom. The number of alkyl halides is 3. The van der Waals surface area contributed by atoms with Crippen LogP contribution in [0.15, 0.2) is 24.3 Å². The van der Waals surface area contributed by atoms with Crippen molar-refractivity contribution >= 4 is 24.0 Å². The average Bonchev–Trinajstić information content (AvgIpc) is 2.15. The molecule has 15 heavy (non-hydrogen) atoms. The number of carbonyl (C=O) groups is 1. The van der Waals surface area contributed by atoms with Gasteiger partial charge in [0.05, 0.1) is 10.6 Å². The Bertz CT molecular complexity index is 396. The van der Waals surface area contributed by atoms with Crippen molar-refractivity contribution in [3.8, 4) is 0 Å². The van der Waals surface area contributed by atoms with Gasteiger partial charge in [-0.15, -0.1) is 0 Å². The summed E-state index contributed by atoms with van der Waals surface area (Å²) in [6.45, 7) is 0. The second kappa shape index (κ2) is 4.49. The van der Waals surface area contributed by atoms with Crippen LogP contribution in [0.1, 0.15) is 11.1 Å². The van der Waals surface area contributed by atoms with Crippen molar-refractivity contribution in [2.75, 3.05) is 0 Å². The number of rotatable bonds is 2. The molecule has 0 aliphatic rings. The molecule has 0 aliphatic carbocycles. The van der Waals surface area contributed by atoms with E-state index in [1.807, 2.05) is 0 Å². The molecular weight excluding hydrogens is 229 g/mol. The Hall–Kier alpha value is -1.29. The molecule has 1 aromatic rings. The van der Waals surface area contributed by atoms with E-state index < -0.39 is 11.7 Å². The molecule has 0 fully saturated rings. The molecule has 5 heteroatoms. The first kappa shape index (κ1) is 11.8. The number of halogens is 4. The predicted octanol–water partition coefficient (Wildman–Crippen LogP) is 3.57. The van der Waals surface area contributed by atoms with Crippen LogP contribution in [-0.2, 0) is 11.0 Å². The van der Waals surface area contributed by atoms with E-state index in [0.717, 1.165) is 18.2 Å². The van der Waals surface area contributed by atoms with Crippen molar-refractivity contribution < 1.29 is 18.0 Å². The van der Waals surface area contributed by atoms with E-state index in [4.69, 9.17) is 11.6 Å². The predicted molar refractivity (Wildman–Crippen MR) is 51.6 cm³/mol. The minimum absolute atomic E-state index is 0.277. The lowest BCUT2D eigenvalue weighted by atomic mass is 10.1. The Labute approximate surface area is 89.2 Å². The summed E-state index contributed by atoms with van der Waals surface area (Å²) in [6, 6.07) is 3.44. The first-order valence-electron chi connectivity index (χ1n) is 3.94. The average molecular weight is 235 g/mol. The number of hydrogen-bond donors (Lipinski definition) is 0. The van der Waals surface area contributed by atoms with Crippen molar-refractivity contribution in [1.29, 1.82) is 0 Å². The fourth-order valence-corrected chi connectivity index (χ4v) is 1.24. The zero-order valence-electron chi connectivity index (χ0n) is 7.38. The first-order chi connectivity index (χ1) is 6.95. The van der Waals surface area contributed by atoms with Gasteiger partial charge >= 0.3 is 6.18 Å². The van der Waals surface area contributed by atoms with Crippen LogP contribution in [0.4, 0.5) is 13.2 Å². The molecule has 0 bridgehead atoms. The van der Waals surface area contributed by atoms with Gasteiger partial charge in [0, 0.05) is 0 Å². The van der Waals surface area contributed by atoms with E-state index in [2.05, 4.69) is 0 Å². The molecule has 1 aromatic carbocycles. The van der Waals surface area contributed by atoms with Gasteiger partial charge in [-0.05, 0) is 23.8 Å². The van der Waals surface area contributed by atoms with E-state index in [9.17, 15) is 18.0 Å². The van der Waals surface area contributed by atoms with Crippen molar-refractivity contribution in [1.82, 2.24) is 0 Å². The molecule has 0 N–H and O–H groups in total. The minimum atomic E-state index is -4.48. The lowest BCUT2D eigenvalue weighted by Crippen LogP contribution is -2.05. The topological polar surface area (TPSA) is 17.1 Å². The Morgan fingerprint density at radius 2 is 1.93 bits per heavy atom. The van der Waals surface area contributed by atoms with Gasteiger partial charge < -0.3 is 0 Å². The highest BCUT2D eigenvalue weighted by molar-refractivity contribution is 6.31. The zero-order chi connectivity index (χ0) is 11.5. The van der Waals surface area contributed by atoms with E-state index >= 15 is 0 Å². The number of aldehydes is 1. The van der Waals surface area contributed by atoms with Crippen molar-refractivity contribution in [2.45, 2.75) is 6.18 Å². The highest BCUT2D eigenvalue weighted by Gasteiger charge is 2.33. The first-order valence-corrected chi connectivity index (χ1v) is 4.31. The third kappa shape index (κ3) is 3.09. The fraction of sp³-hybridized carbons (Fsp3) is 0.100. The van der Waals surface area contributed by atoms with Gasteiger partial charge in [-0.1, -0.05) is 23.7 Å². The molecule has 0 saturated heterocycles. The molecule has 0 atom stereocenters. The third-order valence-electron chi connectivity index (χ3n) is 1.66. The molecule has 0 aliphatic heterocycles. The van der Waals surface area contributed by atoms with Gasteiger partial charge in [0.25, 0.3) is 0 Å². The molecule has 0 unspecified atom stereocenters. The van der Waals surface area contributed by atoms with Crippen molar-refractivity contribution in [2.24, 2.45) is 0 Å². The molecule has 0 radical (unpaired) electrons. The lowest BCUT2D eigenvalue weighted by Gasteiger charge is -2.09. The smallest absolute Gasteiger partial charge is 0.299 e. The van der Waals surface area contributed by atoms with E-state index in [0.29, 0.717) is 6.29 Å². The number of benzene rings is 1. The van der Waals surface area contributed by atoms with Gasteiger partial charge in [0.2, 0.25) is 0 Å². The monoisotopic (exact) mass is 234 g/mol. The standard InChI is InChI=1S/C10H6ClF3O/c11-9-4-3-7(2-1-5-15)6-8(9)10(12,13)14/h1-6H/b2-1+. The summed E-state index contributed by atoms with van der Waals surface area (Å²) < 4.78 is 37.1. The molecule has 0 saturated carbocycles. The van der Waals surface area contributed by atoms with Gasteiger partial charge in [-0.3, -0.25) is 4.79 Å². The van der Waals surface area contributed by atoms with Crippen LogP contribution < -0.4 is 0 Å². The molecular formula is C10H6ClF3O. The van der Waals surface area contributed by atoms with E-state index in [1.54, 1.807) is 0 Å². The maximum Gasteiger partial charge on any atom is 0.417 e. The second-order valence-corrected chi connectivity index (χ2v) is 3.14. The van der Waals surface area contributed by atoms with Crippen LogP contribution in [-0.4, -0.2) is 6.29 Å². The van der Waals surface area contributed by atoms with Gasteiger partial charge in [0.15, 0.2) is 0 Å². The van der Waals surface area contributed by atoms with Crippen molar-refractivity contribution in [3.63, 3.8) is 0 Å². The largest absolute Gasteiger partial charge is 0.417 e. The Morgan fingerprint density at radius 3 is 2.47 bits per heavy atom. The normalized spacial score (nSPS) is 12.0. The molecule has 0 amide bonds. The molecule has 1 nitrogen and oxygen atoms in total. The molecule has 0 heterocycles. The quantitative estimate of drug-likeness (QED) is 0.565. The molecule has 0 spiro atoms. The maximum absolute atomic E-state index is 12.4. The van der Waals surface area contributed by atoms with E-state index in [1.165, 1.54) is 12.1 Å². The highest BCUT2D eigenvalue weighted by Crippen LogP contribution is 2.35. The number of carbonyl (C=O) groups excluding carboxylic acids is 1. The fourth-order valence-electron chi connectivity index (χ4n) is 1.01. The highest BCUT2D eigenvalue weighted by atomic mass is 35.5. The zero-order valence-corrected chi connectivity index (χ0v) is 8.14. The minimum Gasteiger partial charge on any atom is -0.299 e.